The standard InChI is InChI=1S/C14H16F2N4O/c1-19(9-12-18-6-7-20(12)14(15)16)13(21)11-4-2-10(8-17)3-5-11/h2-7,14H,8-9,17H2,1H3. The van der Waals surface area contributed by atoms with Crippen LogP contribution in [0.1, 0.15) is 28.3 Å². The van der Waals surface area contributed by atoms with Crippen LogP contribution in [-0.4, -0.2) is 27.4 Å². The van der Waals surface area contributed by atoms with Crippen molar-refractivity contribution < 1.29 is 13.6 Å². The molecule has 0 fully saturated rings. The molecule has 0 saturated heterocycles. The fraction of sp³-hybridized carbons (Fsp3) is 0.286. The third-order valence-electron chi connectivity index (χ3n) is 3.12. The van der Waals surface area contributed by atoms with Gasteiger partial charge < -0.3 is 10.6 Å². The Balaban J connectivity index is 2.10. The van der Waals surface area contributed by atoms with Crippen molar-refractivity contribution in [1.29, 1.82) is 0 Å². The second-order valence-electron chi connectivity index (χ2n) is 4.59. The highest BCUT2D eigenvalue weighted by molar-refractivity contribution is 5.94. The summed E-state index contributed by atoms with van der Waals surface area (Å²) in [5, 5.41) is 0. The number of halogens is 2. The van der Waals surface area contributed by atoms with Gasteiger partial charge in [-0.25, -0.2) is 4.98 Å². The molecule has 0 saturated carbocycles. The Labute approximate surface area is 121 Å². The zero-order valence-corrected chi connectivity index (χ0v) is 11.5. The van der Waals surface area contributed by atoms with Crippen molar-refractivity contribution in [3.8, 4) is 0 Å². The summed E-state index contributed by atoms with van der Waals surface area (Å²) in [6, 6.07) is 6.86. The molecule has 5 nitrogen and oxygen atoms in total. The number of nitrogens with zero attached hydrogens (tertiary/aromatic N) is 3. The summed E-state index contributed by atoms with van der Waals surface area (Å²) in [7, 11) is 1.55. The van der Waals surface area contributed by atoms with Gasteiger partial charge in [0.15, 0.2) is 0 Å². The molecule has 2 N–H and O–H groups in total. The van der Waals surface area contributed by atoms with E-state index in [1.807, 2.05) is 0 Å². The van der Waals surface area contributed by atoms with Gasteiger partial charge in [0.2, 0.25) is 0 Å². The summed E-state index contributed by atoms with van der Waals surface area (Å²) in [4.78, 5) is 17.4. The quantitative estimate of drug-likeness (QED) is 0.917. The molecule has 21 heavy (non-hydrogen) atoms. The van der Waals surface area contributed by atoms with Crippen molar-refractivity contribution in [2.24, 2.45) is 5.73 Å². The summed E-state index contributed by atoms with van der Waals surface area (Å²) < 4.78 is 26.2. The second-order valence-corrected chi connectivity index (χ2v) is 4.59. The molecular formula is C14H16F2N4O. The molecule has 1 amide bonds. The molecule has 1 heterocycles. The average molecular weight is 294 g/mol. The van der Waals surface area contributed by atoms with Gasteiger partial charge in [-0.2, -0.15) is 8.78 Å². The van der Waals surface area contributed by atoms with Crippen LogP contribution in [-0.2, 0) is 13.1 Å². The Bertz CT molecular complexity index is 610. The van der Waals surface area contributed by atoms with Crippen molar-refractivity contribution in [2.45, 2.75) is 19.6 Å². The van der Waals surface area contributed by atoms with Crippen LogP contribution >= 0.6 is 0 Å². The zero-order chi connectivity index (χ0) is 15.4. The normalized spacial score (nSPS) is 10.9. The molecular weight excluding hydrogens is 278 g/mol. The molecule has 1 aromatic heterocycles. The predicted octanol–water partition coefficient (Wildman–Crippen LogP) is 2.01. The molecule has 0 aliphatic heterocycles. The highest BCUT2D eigenvalue weighted by atomic mass is 19.3. The van der Waals surface area contributed by atoms with Gasteiger partial charge in [0.25, 0.3) is 5.91 Å². The Morgan fingerprint density at radius 3 is 2.62 bits per heavy atom. The van der Waals surface area contributed by atoms with E-state index in [9.17, 15) is 13.6 Å². The Kier molecular flexibility index (Phi) is 4.64. The van der Waals surface area contributed by atoms with Crippen molar-refractivity contribution in [2.75, 3.05) is 7.05 Å². The monoisotopic (exact) mass is 294 g/mol. The lowest BCUT2D eigenvalue weighted by Gasteiger charge is -2.17. The van der Waals surface area contributed by atoms with E-state index in [4.69, 9.17) is 5.73 Å². The number of alkyl halides is 2. The fourth-order valence-electron chi connectivity index (χ4n) is 1.93. The summed E-state index contributed by atoms with van der Waals surface area (Å²) in [5.74, 6) is -0.123. The zero-order valence-electron chi connectivity index (χ0n) is 11.5. The lowest BCUT2D eigenvalue weighted by atomic mass is 10.1. The Morgan fingerprint density at radius 1 is 1.38 bits per heavy atom. The molecule has 0 spiro atoms. The number of amides is 1. The lowest BCUT2D eigenvalue weighted by molar-refractivity contribution is 0.0612. The number of benzene rings is 1. The topological polar surface area (TPSA) is 64.2 Å². The van der Waals surface area contributed by atoms with Crippen LogP contribution in [0.3, 0.4) is 0 Å². The predicted molar refractivity (Wildman–Crippen MR) is 73.6 cm³/mol. The maximum absolute atomic E-state index is 12.7. The van der Waals surface area contributed by atoms with Crippen LogP contribution in [0.5, 0.6) is 0 Å². The second kappa shape index (κ2) is 6.45. The van der Waals surface area contributed by atoms with E-state index < -0.39 is 6.55 Å². The van der Waals surface area contributed by atoms with E-state index in [1.54, 1.807) is 31.3 Å². The molecule has 112 valence electrons. The molecule has 2 rings (SSSR count). The largest absolute Gasteiger partial charge is 0.334 e. The molecule has 0 aliphatic carbocycles. The fourth-order valence-corrected chi connectivity index (χ4v) is 1.93. The summed E-state index contributed by atoms with van der Waals surface area (Å²) in [6.07, 6.45) is 2.48. The third kappa shape index (κ3) is 3.43. The van der Waals surface area contributed by atoms with Crippen LogP contribution in [0.15, 0.2) is 36.7 Å². The number of carbonyl (C=O) groups excluding carboxylic acids is 1. The molecule has 0 unspecified atom stereocenters. The van der Waals surface area contributed by atoms with E-state index in [-0.39, 0.29) is 18.3 Å². The van der Waals surface area contributed by atoms with Crippen LogP contribution in [0, 0.1) is 0 Å². The smallest absolute Gasteiger partial charge is 0.319 e. The van der Waals surface area contributed by atoms with Gasteiger partial charge in [-0.15, -0.1) is 0 Å². The van der Waals surface area contributed by atoms with Crippen molar-refractivity contribution in [3.05, 3.63) is 53.6 Å². The Morgan fingerprint density at radius 2 is 2.05 bits per heavy atom. The summed E-state index contributed by atoms with van der Waals surface area (Å²) >= 11 is 0. The van der Waals surface area contributed by atoms with Gasteiger partial charge in [-0.3, -0.25) is 9.36 Å². The van der Waals surface area contributed by atoms with E-state index in [1.165, 1.54) is 17.3 Å². The molecule has 2 aromatic rings. The molecule has 0 bridgehead atoms. The van der Waals surface area contributed by atoms with Gasteiger partial charge in [0, 0.05) is 31.5 Å². The van der Waals surface area contributed by atoms with Gasteiger partial charge in [-0.1, -0.05) is 12.1 Å². The van der Waals surface area contributed by atoms with Crippen LogP contribution in [0.25, 0.3) is 0 Å². The maximum Gasteiger partial charge on any atom is 0.319 e. The molecule has 0 radical (unpaired) electrons. The van der Waals surface area contributed by atoms with E-state index in [0.717, 1.165) is 10.1 Å². The molecule has 0 aliphatic rings. The minimum Gasteiger partial charge on any atom is -0.334 e. The number of rotatable bonds is 5. The number of imidazole rings is 1. The number of hydrogen-bond acceptors (Lipinski definition) is 3. The number of aromatic nitrogens is 2. The van der Waals surface area contributed by atoms with E-state index in [0.29, 0.717) is 12.1 Å². The highest BCUT2D eigenvalue weighted by Crippen LogP contribution is 2.15. The molecule has 0 atom stereocenters. The first-order chi connectivity index (χ1) is 10.0. The molecule has 1 aromatic carbocycles. The SMILES string of the molecule is CN(Cc1nccn1C(F)F)C(=O)c1ccc(CN)cc1. The first kappa shape index (κ1) is 15.1. The van der Waals surface area contributed by atoms with Crippen molar-refractivity contribution in [1.82, 2.24) is 14.5 Å². The van der Waals surface area contributed by atoms with Crippen molar-refractivity contribution >= 4 is 5.91 Å². The average Bonchev–Trinajstić information content (AvgIpc) is 2.95. The van der Waals surface area contributed by atoms with Crippen molar-refractivity contribution in [3.63, 3.8) is 0 Å². The minimum absolute atomic E-state index is 0.00874. The van der Waals surface area contributed by atoms with Gasteiger partial charge in [0.05, 0.1) is 6.54 Å². The van der Waals surface area contributed by atoms with Gasteiger partial charge in [0.1, 0.15) is 5.82 Å². The van der Waals surface area contributed by atoms with Gasteiger partial charge in [-0.05, 0) is 17.7 Å². The summed E-state index contributed by atoms with van der Waals surface area (Å²) in [5.41, 5.74) is 6.89. The van der Waals surface area contributed by atoms with Gasteiger partial charge >= 0.3 is 6.55 Å². The lowest BCUT2D eigenvalue weighted by Crippen LogP contribution is -2.27. The summed E-state index contributed by atoms with van der Waals surface area (Å²) in [6.45, 7) is -2.26. The number of carbonyl (C=O) groups is 1. The van der Waals surface area contributed by atoms with E-state index in [2.05, 4.69) is 4.98 Å². The third-order valence-corrected chi connectivity index (χ3v) is 3.12. The highest BCUT2D eigenvalue weighted by Gasteiger charge is 2.17. The maximum atomic E-state index is 12.7. The Hall–Kier alpha value is -2.28. The first-order valence-electron chi connectivity index (χ1n) is 6.37. The van der Waals surface area contributed by atoms with Crippen LogP contribution in [0.2, 0.25) is 0 Å². The van der Waals surface area contributed by atoms with E-state index >= 15 is 0 Å². The van der Waals surface area contributed by atoms with Crippen LogP contribution in [0.4, 0.5) is 8.78 Å². The molecule has 7 heteroatoms. The first-order valence-corrected chi connectivity index (χ1v) is 6.37. The minimum atomic E-state index is -2.67. The number of nitrogens with two attached hydrogens (primary N) is 1. The van der Waals surface area contributed by atoms with Crippen LogP contribution < -0.4 is 5.73 Å². The number of hydrogen-bond donors (Lipinski definition) is 1.